The van der Waals surface area contributed by atoms with E-state index >= 15 is 0 Å². The molecule has 0 aliphatic carbocycles. The van der Waals surface area contributed by atoms with Crippen molar-refractivity contribution < 1.29 is 4.74 Å². The second-order valence-electron chi connectivity index (χ2n) is 8.56. The van der Waals surface area contributed by atoms with Crippen LogP contribution in [0.2, 0.25) is 0 Å². The Morgan fingerprint density at radius 1 is 1.13 bits per heavy atom. The van der Waals surface area contributed by atoms with Crippen LogP contribution < -0.4 is 15.4 Å². The summed E-state index contributed by atoms with van der Waals surface area (Å²) in [6, 6.07) is 8.01. The summed E-state index contributed by atoms with van der Waals surface area (Å²) in [4.78, 5) is 4.80. The largest absolute Gasteiger partial charge is 0.497 e. The Balaban J connectivity index is 2.03. The zero-order valence-electron chi connectivity index (χ0n) is 19.5. The lowest BCUT2D eigenvalue weighted by Crippen LogP contribution is -2.42. The minimum Gasteiger partial charge on any atom is -0.497 e. The van der Waals surface area contributed by atoms with Crippen molar-refractivity contribution in [1.29, 1.82) is 0 Å². The van der Waals surface area contributed by atoms with Crippen molar-refractivity contribution >= 4 is 5.96 Å². The fourth-order valence-corrected chi connectivity index (χ4v) is 3.11. The fraction of sp³-hybridized carbons (Fsp3) is 0.609. The second kappa shape index (κ2) is 11.6. The van der Waals surface area contributed by atoms with Gasteiger partial charge in [-0.15, -0.1) is 10.2 Å². The SMILES string of the molecule is CCCCCC(C)(C)CNC(=NCc1ccc(OC)cc1)NCc1nnc(C)n1C. The molecule has 0 bridgehead atoms. The average Bonchev–Trinajstić information content (AvgIpc) is 3.06. The van der Waals surface area contributed by atoms with Gasteiger partial charge in [0.2, 0.25) is 0 Å². The van der Waals surface area contributed by atoms with Gasteiger partial charge in [-0.1, -0.05) is 52.2 Å². The molecule has 0 amide bonds. The Labute approximate surface area is 181 Å². The Morgan fingerprint density at radius 3 is 2.47 bits per heavy atom. The van der Waals surface area contributed by atoms with Crippen LogP contribution in [0.15, 0.2) is 29.3 Å². The molecule has 166 valence electrons. The molecule has 2 rings (SSSR count). The zero-order valence-corrected chi connectivity index (χ0v) is 19.5. The number of unbranched alkanes of at least 4 members (excludes halogenated alkanes) is 2. The first kappa shape index (κ1) is 23.7. The maximum Gasteiger partial charge on any atom is 0.191 e. The van der Waals surface area contributed by atoms with Crippen LogP contribution in [0.5, 0.6) is 5.75 Å². The molecule has 1 heterocycles. The summed E-state index contributed by atoms with van der Waals surface area (Å²) in [5.41, 5.74) is 1.34. The zero-order chi connectivity index (χ0) is 22.0. The van der Waals surface area contributed by atoms with Gasteiger partial charge in [-0.25, -0.2) is 4.99 Å². The second-order valence-corrected chi connectivity index (χ2v) is 8.56. The lowest BCUT2D eigenvalue weighted by Gasteiger charge is -2.26. The van der Waals surface area contributed by atoms with Crippen LogP contribution in [0.3, 0.4) is 0 Å². The number of methoxy groups -OCH3 is 1. The number of aliphatic imine (C=N–C) groups is 1. The maximum absolute atomic E-state index is 5.24. The van der Waals surface area contributed by atoms with E-state index in [4.69, 9.17) is 9.73 Å². The van der Waals surface area contributed by atoms with Crippen LogP contribution >= 0.6 is 0 Å². The van der Waals surface area contributed by atoms with Crippen molar-refractivity contribution in [2.24, 2.45) is 17.5 Å². The maximum atomic E-state index is 5.24. The quantitative estimate of drug-likeness (QED) is 0.330. The predicted octanol–water partition coefficient (Wildman–Crippen LogP) is 3.97. The molecule has 0 saturated heterocycles. The Hall–Kier alpha value is -2.57. The normalized spacial score (nSPS) is 12.1. The molecule has 0 atom stereocenters. The number of nitrogens with one attached hydrogen (secondary N) is 2. The molecule has 0 spiro atoms. The Kier molecular flexibility index (Phi) is 9.15. The highest BCUT2D eigenvalue weighted by molar-refractivity contribution is 5.79. The van der Waals surface area contributed by atoms with Crippen molar-refractivity contribution in [2.45, 2.75) is 66.5 Å². The van der Waals surface area contributed by atoms with Crippen molar-refractivity contribution in [3.05, 3.63) is 41.5 Å². The first-order valence-corrected chi connectivity index (χ1v) is 10.8. The van der Waals surface area contributed by atoms with Crippen LogP contribution in [0.25, 0.3) is 0 Å². The number of aromatic nitrogens is 3. The summed E-state index contributed by atoms with van der Waals surface area (Å²) in [7, 11) is 3.65. The highest BCUT2D eigenvalue weighted by Gasteiger charge is 2.18. The predicted molar refractivity (Wildman–Crippen MR) is 123 cm³/mol. The third kappa shape index (κ3) is 7.69. The molecular formula is C23H38N6O. The molecule has 7 nitrogen and oxygen atoms in total. The summed E-state index contributed by atoms with van der Waals surface area (Å²) >= 11 is 0. The minimum atomic E-state index is 0.207. The van der Waals surface area contributed by atoms with Gasteiger partial charge in [0.25, 0.3) is 0 Å². The molecule has 0 aliphatic rings. The van der Waals surface area contributed by atoms with E-state index in [9.17, 15) is 0 Å². The standard InChI is InChI=1S/C23H38N6O/c1-7-8-9-14-23(3,4)17-26-22(25-16-21-28-27-18(2)29(21)5)24-15-19-10-12-20(30-6)13-11-19/h10-13H,7-9,14-17H2,1-6H3,(H2,24,25,26). The molecule has 0 unspecified atom stereocenters. The van der Waals surface area contributed by atoms with Gasteiger partial charge in [-0.2, -0.15) is 0 Å². The average molecular weight is 415 g/mol. The number of rotatable bonds is 11. The van der Waals surface area contributed by atoms with E-state index in [1.807, 2.05) is 42.8 Å². The molecular weight excluding hydrogens is 376 g/mol. The van der Waals surface area contributed by atoms with Gasteiger partial charge in [0, 0.05) is 13.6 Å². The highest BCUT2D eigenvalue weighted by Crippen LogP contribution is 2.22. The smallest absolute Gasteiger partial charge is 0.191 e. The van der Waals surface area contributed by atoms with E-state index in [0.717, 1.165) is 35.5 Å². The number of aryl methyl sites for hydroxylation is 1. The van der Waals surface area contributed by atoms with Gasteiger partial charge in [-0.05, 0) is 36.5 Å². The van der Waals surface area contributed by atoms with Crippen molar-refractivity contribution in [3.8, 4) is 5.75 Å². The number of benzene rings is 1. The summed E-state index contributed by atoms with van der Waals surface area (Å²) in [6.45, 7) is 10.8. The van der Waals surface area contributed by atoms with Gasteiger partial charge < -0.3 is 19.9 Å². The van der Waals surface area contributed by atoms with Gasteiger partial charge in [0.05, 0.1) is 20.2 Å². The first-order valence-electron chi connectivity index (χ1n) is 10.8. The molecule has 0 fully saturated rings. The summed E-state index contributed by atoms with van der Waals surface area (Å²) in [5.74, 6) is 3.42. The Morgan fingerprint density at radius 2 is 1.87 bits per heavy atom. The monoisotopic (exact) mass is 414 g/mol. The topological polar surface area (TPSA) is 76.4 Å². The third-order valence-electron chi connectivity index (χ3n) is 5.37. The molecule has 30 heavy (non-hydrogen) atoms. The molecule has 2 N–H and O–H groups in total. The molecule has 1 aromatic heterocycles. The van der Waals surface area contributed by atoms with Crippen LogP contribution in [-0.4, -0.2) is 34.4 Å². The van der Waals surface area contributed by atoms with Crippen molar-refractivity contribution in [3.63, 3.8) is 0 Å². The van der Waals surface area contributed by atoms with Crippen molar-refractivity contribution in [2.75, 3.05) is 13.7 Å². The number of ether oxygens (including phenoxy) is 1. The van der Waals surface area contributed by atoms with Gasteiger partial charge in [-0.3, -0.25) is 0 Å². The molecule has 2 aromatic rings. The molecule has 1 aromatic carbocycles. The third-order valence-corrected chi connectivity index (χ3v) is 5.37. The number of hydrogen-bond acceptors (Lipinski definition) is 4. The molecule has 7 heteroatoms. The summed E-state index contributed by atoms with van der Waals surface area (Å²) < 4.78 is 7.22. The van der Waals surface area contributed by atoms with Gasteiger partial charge in [0.1, 0.15) is 11.6 Å². The van der Waals surface area contributed by atoms with E-state index in [-0.39, 0.29) is 5.41 Å². The van der Waals surface area contributed by atoms with E-state index in [1.54, 1.807) is 7.11 Å². The number of guanidine groups is 1. The highest BCUT2D eigenvalue weighted by atomic mass is 16.5. The number of nitrogens with zero attached hydrogens (tertiary/aromatic N) is 4. The van der Waals surface area contributed by atoms with Crippen LogP contribution in [0.1, 0.15) is 63.7 Å². The molecule has 0 radical (unpaired) electrons. The van der Waals surface area contributed by atoms with Crippen LogP contribution in [-0.2, 0) is 20.1 Å². The van der Waals surface area contributed by atoms with E-state index in [2.05, 4.69) is 41.6 Å². The van der Waals surface area contributed by atoms with Crippen LogP contribution in [0, 0.1) is 12.3 Å². The summed E-state index contributed by atoms with van der Waals surface area (Å²) in [5, 5.41) is 15.3. The van der Waals surface area contributed by atoms with Gasteiger partial charge >= 0.3 is 0 Å². The molecule has 0 saturated carbocycles. The van der Waals surface area contributed by atoms with Crippen LogP contribution in [0.4, 0.5) is 0 Å². The van der Waals surface area contributed by atoms with Gasteiger partial charge in [0.15, 0.2) is 11.8 Å². The Bertz CT molecular complexity index is 795. The number of hydrogen-bond donors (Lipinski definition) is 2. The van der Waals surface area contributed by atoms with Crippen molar-refractivity contribution in [1.82, 2.24) is 25.4 Å². The lowest BCUT2D eigenvalue weighted by molar-refractivity contribution is 0.318. The van der Waals surface area contributed by atoms with E-state index in [1.165, 1.54) is 25.7 Å². The lowest BCUT2D eigenvalue weighted by atomic mass is 9.87. The minimum absolute atomic E-state index is 0.207. The summed E-state index contributed by atoms with van der Waals surface area (Å²) in [6.07, 6.45) is 4.99. The molecule has 0 aliphatic heterocycles. The first-order chi connectivity index (χ1) is 14.3. The van der Waals surface area contributed by atoms with E-state index in [0.29, 0.717) is 13.1 Å². The fourth-order valence-electron chi connectivity index (χ4n) is 3.11. The van der Waals surface area contributed by atoms with E-state index < -0.39 is 0 Å².